The van der Waals surface area contributed by atoms with Crippen LogP contribution in [0.5, 0.6) is 0 Å². The highest BCUT2D eigenvalue weighted by Gasteiger charge is 2.37. The summed E-state index contributed by atoms with van der Waals surface area (Å²) in [5.41, 5.74) is 2.44. The van der Waals surface area contributed by atoms with E-state index < -0.39 is 16.9 Å². The molecule has 1 aliphatic heterocycles. The van der Waals surface area contributed by atoms with Crippen LogP contribution in [0.4, 0.5) is 17.2 Å². The highest BCUT2D eigenvalue weighted by atomic mass is 32.2. The molecule has 1 atom stereocenters. The molecule has 2 heterocycles. The Kier molecular flexibility index (Phi) is 7.69. The molecule has 5 rings (SSSR count). The van der Waals surface area contributed by atoms with Crippen molar-refractivity contribution in [2.45, 2.75) is 56.1 Å². The third-order valence-electron chi connectivity index (χ3n) is 7.14. The summed E-state index contributed by atoms with van der Waals surface area (Å²) in [6, 6.07) is 14.8. The number of hydrogen-bond donors (Lipinski definition) is 3. The Morgan fingerprint density at radius 2 is 1.82 bits per heavy atom. The largest absolute Gasteiger partial charge is 0.349 e. The van der Waals surface area contributed by atoms with Crippen molar-refractivity contribution in [3.8, 4) is 0 Å². The Labute approximate surface area is 230 Å². The zero-order chi connectivity index (χ0) is 27.5. The number of fused-ring (bicyclic) bond motifs is 1. The molecule has 3 aromatic rings. The first kappa shape index (κ1) is 26.5. The molecule has 202 valence electrons. The normalized spacial score (nSPS) is 17.2. The fourth-order valence-corrected chi connectivity index (χ4v) is 5.84. The average molecular weight is 547 g/mol. The standard InChI is InChI=1S/C28H30N6O4S/c1-17-22(26(35)31-20-14-9-15-21(16-20)34(37)38)24(18-10-5-3-6-11-18)33-25(29-17)23(28(32-33)39-2)27(36)30-19-12-7-4-8-13-19/h3,5-6,9-11,14-16,19,24,29H,4,7-8,12-13H2,1-2H3,(H,30,36)(H,31,35). The fourth-order valence-electron chi connectivity index (χ4n) is 5.28. The first-order chi connectivity index (χ1) is 18.9. The molecule has 1 aliphatic carbocycles. The monoisotopic (exact) mass is 546 g/mol. The van der Waals surface area contributed by atoms with E-state index in [1.165, 1.54) is 36.4 Å². The molecule has 39 heavy (non-hydrogen) atoms. The summed E-state index contributed by atoms with van der Waals surface area (Å²) in [5.74, 6) is -0.0653. The Morgan fingerprint density at radius 1 is 1.08 bits per heavy atom. The lowest BCUT2D eigenvalue weighted by Gasteiger charge is -2.30. The predicted molar refractivity (Wildman–Crippen MR) is 151 cm³/mol. The number of nitrogens with zero attached hydrogens (tertiary/aromatic N) is 3. The lowest BCUT2D eigenvalue weighted by Crippen LogP contribution is -2.37. The van der Waals surface area contributed by atoms with Crippen molar-refractivity contribution in [1.82, 2.24) is 15.1 Å². The molecule has 0 spiro atoms. The molecule has 1 saturated carbocycles. The van der Waals surface area contributed by atoms with Gasteiger partial charge in [0.2, 0.25) is 0 Å². The van der Waals surface area contributed by atoms with Gasteiger partial charge in [-0.2, -0.15) is 5.10 Å². The van der Waals surface area contributed by atoms with Crippen LogP contribution in [0.15, 0.2) is 70.9 Å². The summed E-state index contributed by atoms with van der Waals surface area (Å²) in [4.78, 5) is 38.0. The van der Waals surface area contributed by atoms with E-state index in [-0.39, 0.29) is 17.6 Å². The van der Waals surface area contributed by atoms with Crippen molar-refractivity contribution in [3.63, 3.8) is 0 Å². The summed E-state index contributed by atoms with van der Waals surface area (Å²) in [6.45, 7) is 1.79. The van der Waals surface area contributed by atoms with E-state index in [1.807, 2.05) is 36.6 Å². The van der Waals surface area contributed by atoms with Gasteiger partial charge in [0.15, 0.2) is 0 Å². The number of amides is 2. The molecule has 10 nitrogen and oxygen atoms in total. The van der Waals surface area contributed by atoms with Gasteiger partial charge in [-0.3, -0.25) is 19.7 Å². The number of carbonyl (C=O) groups is 2. The van der Waals surface area contributed by atoms with E-state index in [1.54, 1.807) is 17.7 Å². The molecule has 3 N–H and O–H groups in total. The van der Waals surface area contributed by atoms with Gasteiger partial charge in [-0.05, 0) is 37.7 Å². The number of benzene rings is 2. The second-order valence-electron chi connectivity index (χ2n) is 9.72. The maximum absolute atomic E-state index is 13.7. The number of anilines is 2. The Morgan fingerprint density at radius 3 is 2.51 bits per heavy atom. The Hall–Kier alpha value is -4.12. The van der Waals surface area contributed by atoms with Gasteiger partial charge in [-0.25, -0.2) is 4.68 Å². The van der Waals surface area contributed by atoms with E-state index in [0.29, 0.717) is 33.4 Å². The number of nitrogens with one attached hydrogen (secondary N) is 3. The Bertz CT molecular complexity index is 1450. The number of nitro groups is 1. The van der Waals surface area contributed by atoms with Crippen LogP contribution in [0.1, 0.15) is 61.0 Å². The van der Waals surface area contributed by atoms with Crippen molar-refractivity contribution in [1.29, 1.82) is 0 Å². The molecule has 1 fully saturated rings. The number of carbonyl (C=O) groups excluding carboxylic acids is 2. The number of aromatic nitrogens is 2. The van der Waals surface area contributed by atoms with Crippen LogP contribution in [0, 0.1) is 10.1 Å². The quantitative estimate of drug-likeness (QED) is 0.202. The number of non-ortho nitro benzene ring substituents is 1. The van der Waals surface area contributed by atoms with Gasteiger partial charge >= 0.3 is 0 Å². The highest BCUT2D eigenvalue weighted by molar-refractivity contribution is 7.98. The van der Waals surface area contributed by atoms with E-state index in [9.17, 15) is 19.7 Å². The molecule has 0 bridgehead atoms. The summed E-state index contributed by atoms with van der Waals surface area (Å²) in [5, 5.41) is 25.9. The van der Waals surface area contributed by atoms with Crippen LogP contribution in [0.2, 0.25) is 0 Å². The summed E-state index contributed by atoms with van der Waals surface area (Å²) >= 11 is 1.38. The van der Waals surface area contributed by atoms with Gasteiger partial charge in [-0.1, -0.05) is 55.7 Å². The molecule has 11 heteroatoms. The second-order valence-corrected chi connectivity index (χ2v) is 10.5. The van der Waals surface area contributed by atoms with Gasteiger partial charge in [0.25, 0.3) is 17.5 Å². The summed E-state index contributed by atoms with van der Waals surface area (Å²) < 4.78 is 1.70. The van der Waals surface area contributed by atoms with E-state index >= 15 is 0 Å². The fraction of sp³-hybridized carbons (Fsp3) is 0.321. The molecular formula is C28H30N6O4S. The van der Waals surface area contributed by atoms with Crippen molar-refractivity contribution in [2.75, 3.05) is 16.9 Å². The molecule has 1 unspecified atom stereocenters. The topological polar surface area (TPSA) is 131 Å². The zero-order valence-corrected chi connectivity index (χ0v) is 22.6. The molecular weight excluding hydrogens is 516 g/mol. The SMILES string of the molecule is CSc1nn2c(c1C(=O)NC1CCCCC1)NC(C)=C(C(=O)Nc1cccc([N+](=O)[O-])c1)C2c1ccccc1. The molecule has 0 saturated heterocycles. The van der Waals surface area contributed by atoms with E-state index in [2.05, 4.69) is 16.0 Å². The number of hydrogen-bond acceptors (Lipinski definition) is 7. The van der Waals surface area contributed by atoms with Gasteiger partial charge in [0.1, 0.15) is 22.4 Å². The first-order valence-corrected chi connectivity index (χ1v) is 14.2. The molecule has 1 aromatic heterocycles. The van der Waals surface area contributed by atoms with Crippen LogP contribution in [-0.4, -0.2) is 38.8 Å². The maximum Gasteiger partial charge on any atom is 0.271 e. The predicted octanol–water partition coefficient (Wildman–Crippen LogP) is 5.50. The summed E-state index contributed by atoms with van der Waals surface area (Å²) in [7, 11) is 0. The van der Waals surface area contributed by atoms with Crippen molar-refractivity contribution in [2.24, 2.45) is 0 Å². The average Bonchev–Trinajstić information content (AvgIpc) is 3.31. The molecule has 2 aromatic carbocycles. The lowest BCUT2D eigenvalue weighted by molar-refractivity contribution is -0.384. The minimum atomic E-state index is -0.622. The van der Waals surface area contributed by atoms with Crippen molar-refractivity contribution >= 4 is 40.8 Å². The molecule has 2 amide bonds. The van der Waals surface area contributed by atoms with E-state index in [4.69, 9.17) is 5.10 Å². The smallest absolute Gasteiger partial charge is 0.271 e. The van der Waals surface area contributed by atoms with Gasteiger partial charge in [-0.15, -0.1) is 11.8 Å². The third-order valence-corrected chi connectivity index (χ3v) is 7.81. The minimum absolute atomic E-state index is 0.118. The van der Waals surface area contributed by atoms with E-state index in [0.717, 1.165) is 31.2 Å². The molecule has 2 aliphatic rings. The van der Waals surface area contributed by atoms with Crippen LogP contribution in [0.3, 0.4) is 0 Å². The maximum atomic E-state index is 13.7. The molecule has 0 radical (unpaired) electrons. The number of allylic oxidation sites excluding steroid dienone is 1. The number of nitro benzene ring substituents is 1. The third kappa shape index (κ3) is 5.40. The van der Waals surface area contributed by atoms with Crippen LogP contribution < -0.4 is 16.0 Å². The van der Waals surface area contributed by atoms with Crippen molar-refractivity contribution in [3.05, 3.63) is 87.1 Å². The highest BCUT2D eigenvalue weighted by Crippen LogP contribution is 2.40. The van der Waals surface area contributed by atoms with Gasteiger partial charge in [0.05, 0.1) is 10.5 Å². The zero-order valence-electron chi connectivity index (χ0n) is 21.8. The lowest BCUT2D eigenvalue weighted by atomic mass is 9.94. The Balaban J connectivity index is 1.54. The van der Waals surface area contributed by atoms with Gasteiger partial charge in [0, 0.05) is 29.6 Å². The first-order valence-electron chi connectivity index (χ1n) is 12.9. The summed E-state index contributed by atoms with van der Waals surface area (Å²) in [6.07, 6.45) is 7.20. The van der Waals surface area contributed by atoms with Gasteiger partial charge < -0.3 is 16.0 Å². The van der Waals surface area contributed by atoms with Crippen LogP contribution in [-0.2, 0) is 4.79 Å². The number of rotatable bonds is 7. The van der Waals surface area contributed by atoms with Crippen molar-refractivity contribution < 1.29 is 14.5 Å². The number of thioether (sulfide) groups is 1. The van der Waals surface area contributed by atoms with Crippen LogP contribution in [0.25, 0.3) is 0 Å². The second kappa shape index (κ2) is 11.3. The van der Waals surface area contributed by atoms with Crippen LogP contribution >= 0.6 is 11.8 Å². The minimum Gasteiger partial charge on any atom is -0.349 e.